The molecule has 7 nitrogen and oxygen atoms in total. The van der Waals surface area contributed by atoms with Gasteiger partial charge in [-0.05, 0) is 67.6 Å². The standard InChI is InChI=1S/C27H31F3N4O3/c28-27(29,30)21-11-13-32(14-12-21)24-9-7-23(8-10-24)31-22-5-1-18(2-6-22)15-34(37)26(36)20-16-33(17-20)25(35)19-3-4-19/h1-2,5-10,19-21,31,37H,3-4,11-17H2. The molecule has 1 aliphatic carbocycles. The van der Waals surface area contributed by atoms with Gasteiger partial charge in [0, 0.05) is 49.2 Å². The predicted octanol–water partition coefficient (Wildman–Crippen LogP) is 4.80. The van der Waals surface area contributed by atoms with Crippen molar-refractivity contribution < 1.29 is 28.0 Å². The summed E-state index contributed by atoms with van der Waals surface area (Å²) in [7, 11) is 0. The molecule has 5 rings (SSSR count). The van der Waals surface area contributed by atoms with Gasteiger partial charge in [-0.15, -0.1) is 0 Å². The second kappa shape index (κ2) is 10.2. The van der Waals surface area contributed by atoms with Crippen LogP contribution in [0.15, 0.2) is 48.5 Å². The summed E-state index contributed by atoms with van der Waals surface area (Å²) >= 11 is 0. The molecule has 2 saturated heterocycles. The van der Waals surface area contributed by atoms with Crippen LogP contribution >= 0.6 is 0 Å². The van der Waals surface area contributed by atoms with Crippen molar-refractivity contribution in [2.24, 2.45) is 17.8 Å². The zero-order chi connectivity index (χ0) is 26.2. The Labute approximate surface area is 213 Å². The molecule has 2 N–H and O–H groups in total. The maximum Gasteiger partial charge on any atom is 0.391 e. The third-order valence-electron chi connectivity index (χ3n) is 7.49. The number of anilines is 3. The van der Waals surface area contributed by atoms with Crippen LogP contribution in [0, 0.1) is 17.8 Å². The van der Waals surface area contributed by atoms with E-state index in [1.54, 1.807) is 4.90 Å². The molecule has 2 aromatic carbocycles. The van der Waals surface area contributed by atoms with E-state index < -0.39 is 12.1 Å². The fourth-order valence-electron chi connectivity index (χ4n) is 4.95. The summed E-state index contributed by atoms with van der Waals surface area (Å²) in [6.45, 7) is 1.59. The van der Waals surface area contributed by atoms with Crippen LogP contribution in [-0.2, 0) is 16.1 Å². The Kier molecular flexibility index (Phi) is 7.02. The van der Waals surface area contributed by atoms with Crippen molar-refractivity contribution in [3.63, 3.8) is 0 Å². The molecule has 37 heavy (non-hydrogen) atoms. The number of amides is 2. The molecule has 0 aromatic heterocycles. The second-order valence-corrected chi connectivity index (χ2v) is 10.3. The average Bonchev–Trinajstić information content (AvgIpc) is 3.70. The lowest BCUT2D eigenvalue weighted by Crippen LogP contribution is -2.56. The van der Waals surface area contributed by atoms with Gasteiger partial charge in [-0.25, -0.2) is 5.06 Å². The van der Waals surface area contributed by atoms with E-state index >= 15 is 0 Å². The van der Waals surface area contributed by atoms with Gasteiger partial charge in [0.2, 0.25) is 5.91 Å². The molecule has 1 saturated carbocycles. The van der Waals surface area contributed by atoms with Gasteiger partial charge in [-0.2, -0.15) is 13.2 Å². The van der Waals surface area contributed by atoms with Crippen molar-refractivity contribution in [3.05, 3.63) is 54.1 Å². The number of alkyl halides is 3. The van der Waals surface area contributed by atoms with Crippen LogP contribution in [-0.4, -0.2) is 59.3 Å². The number of nitrogens with one attached hydrogen (secondary N) is 1. The van der Waals surface area contributed by atoms with Gasteiger partial charge in [0.25, 0.3) is 5.91 Å². The fraction of sp³-hybridized carbons (Fsp3) is 0.481. The second-order valence-electron chi connectivity index (χ2n) is 10.3. The maximum atomic E-state index is 12.9. The van der Waals surface area contributed by atoms with Crippen LogP contribution in [0.2, 0.25) is 0 Å². The van der Waals surface area contributed by atoms with Gasteiger partial charge in [0.05, 0.1) is 18.4 Å². The highest BCUT2D eigenvalue weighted by Crippen LogP contribution is 2.36. The van der Waals surface area contributed by atoms with E-state index in [9.17, 15) is 28.0 Å². The predicted molar refractivity (Wildman–Crippen MR) is 132 cm³/mol. The summed E-state index contributed by atoms with van der Waals surface area (Å²) in [4.78, 5) is 28.1. The Balaban J connectivity index is 1.08. The normalized spacial score (nSPS) is 18.9. The molecular formula is C27H31F3N4O3. The maximum absolute atomic E-state index is 12.9. The van der Waals surface area contributed by atoms with Crippen LogP contribution in [0.3, 0.4) is 0 Å². The van der Waals surface area contributed by atoms with Crippen molar-refractivity contribution in [2.75, 3.05) is 36.4 Å². The van der Waals surface area contributed by atoms with Gasteiger partial charge in [0.15, 0.2) is 0 Å². The lowest BCUT2D eigenvalue weighted by Gasteiger charge is -2.39. The molecule has 0 radical (unpaired) electrons. The molecule has 198 valence electrons. The monoisotopic (exact) mass is 516 g/mol. The molecule has 0 spiro atoms. The number of likely N-dealkylation sites (tertiary alicyclic amines) is 1. The molecular weight excluding hydrogens is 485 g/mol. The number of rotatable bonds is 7. The minimum atomic E-state index is -4.12. The highest BCUT2D eigenvalue weighted by molar-refractivity contribution is 5.86. The van der Waals surface area contributed by atoms with Crippen molar-refractivity contribution in [1.82, 2.24) is 9.96 Å². The first-order valence-electron chi connectivity index (χ1n) is 12.7. The summed E-state index contributed by atoms with van der Waals surface area (Å²) in [5.74, 6) is -1.68. The number of hydrogen-bond donors (Lipinski definition) is 2. The van der Waals surface area contributed by atoms with E-state index in [1.807, 2.05) is 53.4 Å². The van der Waals surface area contributed by atoms with Gasteiger partial charge < -0.3 is 15.1 Å². The molecule has 10 heteroatoms. The van der Waals surface area contributed by atoms with Crippen LogP contribution in [0.25, 0.3) is 0 Å². The molecule has 3 aliphatic rings. The number of piperidine rings is 1. The van der Waals surface area contributed by atoms with Gasteiger partial charge in [-0.1, -0.05) is 12.1 Å². The number of carbonyl (C=O) groups excluding carboxylic acids is 2. The van der Waals surface area contributed by atoms with E-state index in [1.165, 1.54) is 0 Å². The van der Waals surface area contributed by atoms with Crippen LogP contribution in [0.5, 0.6) is 0 Å². The third kappa shape index (κ3) is 6.01. The zero-order valence-electron chi connectivity index (χ0n) is 20.5. The molecule has 2 heterocycles. The molecule has 0 atom stereocenters. The smallest absolute Gasteiger partial charge is 0.372 e. The lowest BCUT2D eigenvalue weighted by atomic mass is 9.96. The van der Waals surface area contributed by atoms with Gasteiger partial charge >= 0.3 is 6.18 Å². The zero-order valence-corrected chi connectivity index (χ0v) is 20.5. The van der Waals surface area contributed by atoms with Crippen molar-refractivity contribution in [2.45, 2.75) is 38.4 Å². The first-order chi connectivity index (χ1) is 17.7. The number of benzene rings is 2. The molecule has 2 aromatic rings. The minimum Gasteiger partial charge on any atom is -0.372 e. The molecule has 2 amide bonds. The fourth-order valence-corrected chi connectivity index (χ4v) is 4.95. The number of carbonyl (C=O) groups is 2. The van der Waals surface area contributed by atoms with Crippen molar-refractivity contribution in [3.8, 4) is 0 Å². The van der Waals surface area contributed by atoms with E-state index in [-0.39, 0.29) is 43.0 Å². The molecule has 3 fully saturated rings. The summed E-state index contributed by atoms with van der Waals surface area (Å²) in [6.07, 6.45) is -2.01. The van der Waals surface area contributed by atoms with Gasteiger partial charge in [-0.3, -0.25) is 14.8 Å². The topological polar surface area (TPSA) is 76.1 Å². The Morgan fingerprint density at radius 2 is 1.46 bits per heavy atom. The Hall–Kier alpha value is -3.27. The molecule has 2 aliphatic heterocycles. The molecule has 0 bridgehead atoms. The minimum absolute atomic E-state index is 0.0614. The largest absolute Gasteiger partial charge is 0.391 e. The third-order valence-corrected chi connectivity index (χ3v) is 7.49. The van der Waals surface area contributed by atoms with Crippen molar-refractivity contribution >= 4 is 28.9 Å². The first-order valence-corrected chi connectivity index (χ1v) is 12.7. The molecule has 0 unspecified atom stereocenters. The number of hydroxylamine groups is 2. The van der Waals surface area contributed by atoms with E-state index in [2.05, 4.69) is 5.32 Å². The average molecular weight is 517 g/mol. The Bertz CT molecular complexity index is 1110. The number of hydrogen-bond acceptors (Lipinski definition) is 5. The summed E-state index contributed by atoms with van der Waals surface area (Å²) < 4.78 is 38.7. The quantitative estimate of drug-likeness (QED) is 0.409. The van der Waals surface area contributed by atoms with Gasteiger partial charge in [0.1, 0.15) is 0 Å². The summed E-state index contributed by atoms with van der Waals surface area (Å²) in [5, 5.41) is 14.3. The first kappa shape index (κ1) is 25.4. The Morgan fingerprint density at radius 1 is 0.892 bits per heavy atom. The van der Waals surface area contributed by atoms with E-state index in [0.717, 1.165) is 40.5 Å². The van der Waals surface area contributed by atoms with Crippen LogP contribution in [0.1, 0.15) is 31.2 Å². The SMILES string of the molecule is O=C(C1CN(C(=O)C2CC2)C1)N(O)Cc1ccc(Nc2ccc(N3CCC(C(F)(F)F)CC3)cc2)cc1. The summed E-state index contributed by atoms with van der Waals surface area (Å²) in [6, 6.07) is 14.9. The Morgan fingerprint density at radius 3 is 2.00 bits per heavy atom. The van der Waals surface area contributed by atoms with E-state index in [0.29, 0.717) is 26.2 Å². The highest BCUT2D eigenvalue weighted by Gasteiger charge is 2.43. The number of nitrogens with zero attached hydrogens (tertiary/aromatic N) is 3. The van der Waals surface area contributed by atoms with Crippen LogP contribution < -0.4 is 10.2 Å². The van der Waals surface area contributed by atoms with E-state index in [4.69, 9.17) is 0 Å². The highest BCUT2D eigenvalue weighted by atomic mass is 19.4. The summed E-state index contributed by atoms with van der Waals surface area (Å²) in [5.41, 5.74) is 3.34. The number of halogens is 3. The van der Waals surface area contributed by atoms with Crippen LogP contribution in [0.4, 0.5) is 30.2 Å². The van der Waals surface area contributed by atoms with Crippen molar-refractivity contribution in [1.29, 1.82) is 0 Å². The lowest BCUT2D eigenvalue weighted by molar-refractivity contribution is -0.180.